The molecule has 0 amide bonds. The van der Waals surface area contributed by atoms with Crippen molar-refractivity contribution in [1.29, 1.82) is 0 Å². The van der Waals surface area contributed by atoms with Crippen molar-refractivity contribution in [1.82, 2.24) is 4.90 Å². The second-order valence-electron chi connectivity index (χ2n) is 7.63. The average molecular weight is 650 g/mol. The fourth-order valence-electron chi connectivity index (χ4n) is 3.96. The van der Waals surface area contributed by atoms with Crippen LogP contribution in [0.4, 0.5) is 13.2 Å². The molecule has 11 heteroatoms. The first kappa shape index (κ1) is 24.6. The molecule has 0 aliphatic carbocycles. The van der Waals surface area contributed by atoms with Gasteiger partial charge in [0, 0.05) is 30.1 Å². The molecule has 0 spiro atoms. The summed E-state index contributed by atoms with van der Waals surface area (Å²) >= 11 is -1.92. The van der Waals surface area contributed by atoms with Gasteiger partial charge in [0.25, 0.3) is 15.9 Å². The van der Waals surface area contributed by atoms with Crippen molar-refractivity contribution in [2.75, 3.05) is 18.8 Å². The predicted octanol–water partition coefficient (Wildman–Crippen LogP) is 3.96. The first-order valence-corrected chi connectivity index (χ1v) is 13.2. The number of aryl methyl sites for hydroxylation is 1. The van der Waals surface area contributed by atoms with Crippen LogP contribution in [0.2, 0.25) is 0 Å². The molecule has 0 radical (unpaired) electrons. The van der Waals surface area contributed by atoms with Crippen LogP contribution in [-0.4, -0.2) is 38.0 Å². The van der Waals surface area contributed by atoms with E-state index in [2.05, 4.69) is 4.40 Å². The second kappa shape index (κ2) is 9.83. The normalized spacial score (nSPS) is 20.1. The van der Waals surface area contributed by atoms with Gasteiger partial charge in [-0.15, -0.1) is 4.40 Å². The van der Waals surface area contributed by atoms with Gasteiger partial charge < -0.3 is 4.90 Å². The molecule has 0 saturated carbocycles. The third kappa shape index (κ3) is 5.28. The Labute approximate surface area is 192 Å². The van der Waals surface area contributed by atoms with Gasteiger partial charge in [0.2, 0.25) is 0 Å². The zero-order valence-corrected chi connectivity index (χ0v) is 20.1. The van der Waals surface area contributed by atoms with Gasteiger partial charge in [-0.25, -0.2) is 12.8 Å². The first-order valence-electron chi connectivity index (χ1n) is 9.75. The Morgan fingerprint density at radius 1 is 1.06 bits per heavy atom. The van der Waals surface area contributed by atoms with Crippen molar-refractivity contribution in [2.24, 2.45) is 4.40 Å². The topological polar surface area (TPSA) is 83.9 Å². The van der Waals surface area contributed by atoms with Gasteiger partial charge in [0.05, 0.1) is 5.75 Å². The summed E-state index contributed by atoms with van der Waals surface area (Å²) in [6.07, 6.45) is 1.61. The van der Waals surface area contributed by atoms with Gasteiger partial charge in [0.1, 0.15) is 11.7 Å². The van der Waals surface area contributed by atoms with Crippen molar-refractivity contribution in [3.8, 4) is 0 Å². The minimum absolute atomic E-state index is 0.00542. The van der Waals surface area contributed by atoms with Crippen LogP contribution in [-0.2, 0) is 41.2 Å². The quantitative estimate of drug-likeness (QED) is 0.503. The molecule has 0 bridgehead atoms. The van der Waals surface area contributed by atoms with Crippen LogP contribution in [0.25, 0.3) is 0 Å². The van der Waals surface area contributed by atoms with E-state index >= 15 is 0 Å². The van der Waals surface area contributed by atoms with Gasteiger partial charge in [-0.1, -0.05) is 24.3 Å². The molecule has 2 heterocycles. The van der Waals surface area contributed by atoms with Crippen molar-refractivity contribution >= 4 is 15.9 Å². The number of alkyl halides is 2. The van der Waals surface area contributed by atoms with Gasteiger partial charge in [-0.3, -0.25) is 0 Å². The number of halogens is 3. The Morgan fingerprint density at radius 3 is 2.31 bits per heavy atom. The second-order valence-corrected chi connectivity index (χ2v) is 9.76. The molecular weight excluding hydrogens is 628 g/mol. The molecular formula is C21H21F3N2O4PtS. The van der Waals surface area contributed by atoms with Crippen molar-refractivity contribution in [2.45, 2.75) is 31.6 Å². The van der Waals surface area contributed by atoms with Gasteiger partial charge in [-0.05, 0) is 49.1 Å². The molecule has 32 heavy (non-hydrogen) atoms. The van der Waals surface area contributed by atoms with Gasteiger partial charge in [-0.2, -0.15) is 8.78 Å². The van der Waals surface area contributed by atoms with Crippen LogP contribution < -0.4 is 0 Å². The molecule has 1 fully saturated rings. The molecule has 2 aromatic rings. The molecule has 2 aliphatic heterocycles. The number of fused-ring (bicyclic) bond motifs is 1. The van der Waals surface area contributed by atoms with Crippen LogP contribution in [0.15, 0.2) is 46.9 Å². The van der Waals surface area contributed by atoms with Gasteiger partial charge in [0.15, 0.2) is 0 Å². The van der Waals surface area contributed by atoms with E-state index in [4.69, 9.17) is 6.80 Å². The van der Waals surface area contributed by atoms with E-state index in [1.165, 1.54) is 19.1 Å². The van der Waals surface area contributed by atoms with Gasteiger partial charge >= 0.3 is 25.3 Å². The minimum atomic E-state index is -3.47. The summed E-state index contributed by atoms with van der Waals surface area (Å²) in [7, 11) is -3.47. The van der Waals surface area contributed by atoms with Crippen LogP contribution in [0, 0.1) is 12.7 Å². The maximum absolute atomic E-state index is 14.9. The summed E-state index contributed by atoms with van der Waals surface area (Å²) in [6.45, 7) is 2.62. The third-order valence-electron chi connectivity index (χ3n) is 5.60. The van der Waals surface area contributed by atoms with E-state index < -0.39 is 40.3 Å². The molecule has 2 aromatic carbocycles. The number of amidine groups is 1. The predicted molar refractivity (Wildman–Crippen MR) is 107 cm³/mol. The van der Waals surface area contributed by atoms with E-state index in [0.29, 0.717) is 12.4 Å². The van der Waals surface area contributed by atoms with E-state index in [-0.39, 0.29) is 28.4 Å². The number of sulfonamides is 1. The standard InChI is InChI=1S/C21H21F3N2O2S.2O.Pt/c1-14-13-17(8-9-19(14)22)21(23,24)16-6-4-15(5-7-16)18-3-2-10-26-11-12-29(27,28)25-20(18)26;;;/h4-9,13,18H,2-3,10-12H2,1H3;;;. The van der Waals surface area contributed by atoms with Crippen molar-refractivity contribution in [3.63, 3.8) is 0 Å². The molecule has 1 atom stereocenters. The Kier molecular flexibility index (Phi) is 7.55. The Morgan fingerprint density at radius 2 is 1.69 bits per heavy atom. The molecule has 0 N–H and O–H groups in total. The number of piperidine rings is 1. The molecule has 4 rings (SSSR count). The Balaban J connectivity index is 0.000000913. The fourth-order valence-corrected chi connectivity index (χ4v) is 5.03. The van der Waals surface area contributed by atoms with E-state index in [1.807, 2.05) is 4.90 Å². The number of hydrogen-bond acceptors (Lipinski definition) is 5. The monoisotopic (exact) mass is 649 g/mol. The van der Waals surface area contributed by atoms with E-state index in [1.54, 1.807) is 12.1 Å². The third-order valence-corrected chi connectivity index (χ3v) is 6.77. The van der Waals surface area contributed by atoms with Crippen LogP contribution in [0.5, 0.6) is 0 Å². The molecule has 176 valence electrons. The molecule has 1 saturated heterocycles. The van der Waals surface area contributed by atoms with Crippen molar-refractivity contribution in [3.05, 3.63) is 70.5 Å². The van der Waals surface area contributed by atoms with Crippen molar-refractivity contribution < 1.29 is 46.9 Å². The Hall–Kier alpha value is -2.06. The summed E-state index contributed by atoms with van der Waals surface area (Å²) < 4.78 is 88.1. The summed E-state index contributed by atoms with van der Waals surface area (Å²) in [4.78, 5) is 1.97. The van der Waals surface area contributed by atoms with Crippen LogP contribution >= 0.6 is 0 Å². The molecule has 2 aliphatic rings. The molecule has 0 aromatic heterocycles. The summed E-state index contributed by atoms with van der Waals surface area (Å²) in [5.41, 5.74) is 0.465. The maximum atomic E-state index is 14.9. The van der Waals surface area contributed by atoms with Crippen LogP contribution in [0.3, 0.4) is 0 Å². The zero-order valence-electron chi connectivity index (χ0n) is 17.0. The summed E-state index contributed by atoms with van der Waals surface area (Å²) in [5, 5.41) is 0. The molecule has 1 unspecified atom stereocenters. The molecule has 6 nitrogen and oxygen atoms in total. The number of nitrogens with zero attached hydrogens (tertiary/aromatic N) is 2. The zero-order chi connectivity index (χ0) is 23.5. The van der Waals surface area contributed by atoms with E-state index in [0.717, 1.165) is 43.1 Å². The SMILES string of the molecule is Cc1cc(C(F)(F)c2ccc(C3CCCN4CCS(=O)(=O)N=C34)cc2)ccc1F.[O]=[Pt]=[O]. The number of hydrogen-bond donors (Lipinski definition) is 0. The summed E-state index contributed by atoms with van der Waals surface area (Å²) in [6, 6.07) is 9.22. The summed E-state index contributed by atoms with van der Waals surface area (Å²) in [5.74, 6) is -3.50. The first-order chi connectivity index (χ1) is 15.1. The fraction of sp³-hybridized carbons (Fsp3) is 0.381. The number of benzene rings is 2. The Bertz CT molecular complexity index is 1160. The average Bonchev–Trinajstić information content (AvgIpc) is 2.75. The van der Waals surface area contributed by atoms with Crippen LogP contribution in [0.1, 0.15) is 41.0 Å². The van der Waals surface area contributed by atoms with E-state index in [9.17, 15) is 21.6 Å². The number of rotatable bonds is 3.